The molecule has 0 saturated carbocycles. The molecule has 0 amide bonds. The number of aliphatic hydroxyl groups is 1. The molecule has 0 aliphatic heterocycles. The third-order valence-electron chi connectivity index (χ3n) is 4.94. The van der Waals surface area contributed by atoms with Crippen LogP contribution in [-0.2, 0) is 0 Å². The molecule has 2 aromatic carbocycles. The van der Waals surface area contributed by atoms with Crippen LogP contribution >= 0.6 is 0 Å². The lowest BCUT2D eigenvalue weighted by Crippen LogP contribution is -2.33. The van der Waals surface area contributed by atoms with Crippen LogP contribution < -0.4 is 0 Å². The van der Waals surface area contributed by atoms with E-state index in [0.717, 1.165) is 5.56 Å². The summed E-state index contributed by atoms with van der Waals surface area (Å²) in [6, 6.07) is 21.9. The maximum Gasteiger partial charge on any atom is 0.117 e. The molecule has 2 rings (SSSR count). The van der Waals surface area contributed by atoms with Gasteiger partial charge in [-0.1, -0.05) is 74.5 Å². The van der Waals surface area contributed by atoms with E-state index in [1.807, 2.05) is 73.5 Å². The number of likely N-dealkylation sites (N-methyl/N-ethyl adjacent to an activating group) is 1. The minimum Gasteiger partial charge on any atom is -0.386 e. The molecule has 0 heterocycles. The molecule has 136 valence electrons. The van der Waals surface area contributed by atoms with Crippen molar-refractivity contribution in [3.05, 3.63) is 83.6 Å². The van der Waals surface area contributed by atoms with Gasteiger partial charge in [-0.05, 0) is 30.0 Å². The highest BCUT2D eigenvalue weighted by Gasteiger charge is 2.23. The Balaban J connectivity index is 2.27. The fourth-order valence-electron chi connectivity index (χ4n) is 3.11. The topological polar surface area (TPSA) is 47.3 Å². The maximum absolute atomic E-state index is 10.7. The van der Waals surface area contributed by atoms with Gasteiger partial charge < -0.3 is 10.0 Å². The smallest absolute Gasteiger partial charge is 0.117 e. The number of nitriles is 1. The van der Waals surface area contributed by atoms with Gasteiger partial charge in [0.15, 0.2) is 0 Å². The molecule has 0 spiro atoms. The molecule has 3 heteroatoms. The first-order chi connectivity index (χ1) is 12.5. The van der Waals surface area contributed by atoms with Crippen LogP contribution in [0.4, 0.5) is 0 Å². The average molecular weight is 348 g/mol. The first-order valence-corrected chi connectivity index (χ1v) is 9.08. The van der Waals surface area contributed by atoms with Crippen LogP contribution in [0.5, 0.6) is 0 Å². The minimum absolute atomic E-state index is 0.148. The van der Waals surface area contributed by atoms with Gasteiger partial charge in [-0.2, -0.15) is 5.26 Å². The standard InChI is InChI=1S/C23H28N2O/c1-17(2)22(19-11-7-5-8-12-19)15-21(16-24)25(4)18(3)23(26)20-13-9-6-10-14-20/h5-15,17-18,22-23,26H,1-4H3/b21-15+/t18-,22+,23-/m0/s1. The van der Waals surface area contributed by atoms with Crippen LogP contribution in [0.15, 0.2) is 72.4 Å². The zero-order chi connectivity index (χ0) is 19.1. The van der Waals surface area contributed by atoms with Gasteiger partial charge in [0, 0.05) is 13.0 Å². The van der Waals surface area contributed by atoms with E-state index in [4.69, 9.17) is 0 Å². The largest absolute Gasteiger partial charge is 0.386 e. The molecule has 0 unspecified atom stereocenters. The molecular formula is C23H28N2O. The van der Waals surface area contributed by atoms with Gasteiger partial charge >= 0.3 is 0 Å². The molecule has 0 bridgehead atoms. The number of hydrogen-bond donors (Lipinski definition) is 1. The first kappa shape index (κ1) is 19.8. The highest BCUT2D eigenvalue weighted by atomic mass is 16.3. The van der Waals surface area contributed by atoms with Crippen molar-refractivity contribution in [2.75, 3.05) is 7.05 Å². The zero-order valence-electron chi connectivity index (χ0n) is 16.0. The van der Waals surface area contributed by atoms with Crippen LogP contribution in [0.3, 0.4) is 0 Å². The Morgan fingerprint density at radius 2 is 1.46 bits per heavy atom. The lowest BCUT2D eigenvalue weighted by Gasteiger charge is -2.31. The van der Waals surface area contributed by atoms with Gasteiger partial charge in [0.05, 0.1) is 12.1 Å². The summed E-state index contributed by atoms with van der Waals surface area (Å²) < 4.78 is 0. The van der Waals surface area contributed by atoms with E-state index in [9.17, 15) is 10.4 Å². The molecular weight excluding hydrogens is 320 g/mol. The van der Waals surface area contributed by atoms with E-state index in [2.05, 4.69) is 32.0 Å². The fourth-order valence-corrected chi connectivity index (χ4v) is 3.11. The van der Waals surface area contributed by atoms with E-state index < -0.39 is 6.10 Å². The molecule has 0 radical (unpaired) electrons. The van der Waals surface area contributed by atoms with Crippen molar-refractivity contribution in [1.82, 2.24) is 4.90 Å². The Hall–Kier alpha value is -2.57. The summed E-state index contributed by atoms with van der Waals surface area (Å²) in [6.45, 7) is 6.26. The number of hydrogen-bond acceptors (Lipinski definition) is 3. The van der Waals surface area contributed by atoms with E-state index in [1.54, 1.807) is 0 Å². The maximum atomic E-state index is 10.7. The Morgan fingerprint density at radius 1 is 0.962 bits per heavy atom. The molecule has 2 aromatic rings. The monoisotopic (exact) mass is 348 g/mol. The van der Waals surface area contributed by atoms with Crippen molar-refractivity contribution in [3.63, 3.8) is 0 Å². The summed E-state index contributed by atoms with van der Waals surface area (Å²) in [5, 5.41) is 20.4. The Bertz CT molecular complexity index is 747. The van der Waals surface area contributed by atoms with Crippen LogP contribution in [0.25, 0.3) is 0 Å². The van der Waals surface area contributed by atoms with Crippen molar-refractivity contribution >= 4 is 0 Å². The molecule has 0 aliphatic carbocycles. The second kappa shape index (κ2) is 9.22. The number of nitrogens with zero attached hydrogens (tertiary/aromatic N) is 2. The molecule has 26 heavy (non-hydrogen) atoms. The van der Waals surface area contributed by atoms with E-state index in [0.29, 0.717) is 11.6 Å². The Kier molecular flexibility index (Phi) is 7.00. The van der Waals surface area contributed by atoms with Crippen molar-refractivity contribution in [1.29, 1.82) is 5.26 Å². The molecule has 3 nitrogen and oxygen atoms in total. The van der Waals surface area contributed by atoms with Crippen LogP contribution in [0, 0.1) is 17.2 Å². The summed E-state index contributed by atoms with van der Waals surface area (Å²) in [4.78, 5) is 1.87. The predicted octanol–water partition coefficient (Wildman–Crippen LogP) is 4.89. The molecule has 0 aliphatic rings. The van der Waals surface area contributed by atoms with Gasteiger partial charge in [-0.25, -0.2) is 0 Å². The number of allylic oxidation sites excluding steroid dienone is 2. The zero-order valence-corrected chi connectivity index (χ0v) is 16.0. The summed E-state index contributed by atoms with van der Waals surface area (Å²) in [5.41, 5.74) is 2.63. The fraction of sp³-hybridized carbons (Fsp3) is 0.348. The van der Waals surface area contributed by atoms with Crippen molar-refractivity contribution < 1.29 is 5.11 Å². The second-order valence-electron chi connectivity index (χ2n) is 7.05. The highest BCUT2D eigenvalue weighted by Crippen LogP contribution is 2.29. The SMILES string of the molecule is CC(C)[C@@H](/C=C(\C#N)N(C)[C@@H](C)[C@H](O)c1ccccc1)c1ccccc1. The van der Waals surface area contributed by atoms with Crippen molar-refractivity contribution in [2.24, 2.45) is 5.92 Å². The summed E-state index contributed by atoms with van der Waals surface area (Å²) in [5.74, 6) is 0.512. The number of benzene rings is 2. The Morgan fingerprint density at radius 3 is 1.92 bits per heavy atom. The van der Waals surface area contributed by atoms with Gasteiger partial charge in [0.25, 0.3) is 0 Å². The van der Waals surface area contributed by atoms with Crippen LogP contribution in [-0.4, -0.2) is 23.1 Å². The molecule has 0 saturated heterocycles. The van der Waals surface area contributed by atoms with E-state index in [1.165, 1.54) is 5.56 Å². The number of rotatable bonds is 7. The van der Waals surface area contributed by atoms with Gasteiger partial charge in [0.1, 0.15) is 11.8 Å². The van der Waals surface area contributed by atoms with Crippen LogP contribution in [0.2, 0.25) is 0 Å². The molecule has 3 atom stereocenters. The lowest BCUT2D eigenvalue weighted by atomic mass is 9.87. The molecule has 0 aromatic heterocycles. The second-order valence-corrected chi connectivity index (χ2v) is 7.05. The molecule has 1 N–H and O–H groups in total. The molecule has 0 fully saturated rings. The Labute approximate surface area is 157 Å². The van der Waals surface area contributed by atoms with E-state index >= 15 is 0 Å². The average Bonchev–Trinajstić information content (AvgIpc) is 2.68. The minimum atomic E-state index is -0.660. The summed E-state index contributed by atoms with van der Waals surface area (Å²) in [7, 11) is 1.87. The summed E-state index contributed by atoms with van der Waals surface area (Å²) in [6.07, 6.45) is 1.36. The van der Waals surface area contributed by atoms with Gasteiger partial charge in [-0.15, -0.1) is 0 Å². The highest BCUT2D eigenvalue weighted by molar-refractivity contribution is 5.31. The quantitative estimate of drug-likeness (QED) is 0.725. The van der Waals surface area contributed by atoms with Crippen molar-refractivity contribution in [3.8, 4) is 6.07 Å². The van der Waals surface area contributed by atoms with Crippen molar-refractivity contribution in [2.45, 2.75) is 38.8 Å². The third-order valence-corrected chi connectivity index (χ3v) is 4.94. The third kappa shape index (κ3) is 4.74. The van der Waals surface area contributed by atoms with E-state index in [-0.39, 0.29) is 12.0 Å². The van der Waals surface area contributed by atoms with Gasteiger partial charge in [0.2, 0.25) is 0 Å². The van der Waals surface area contributed by atoms with Gasteiger partial charge in [-0.3, -0.25) is 0 Å². The first-order valence-electron chi connectivity index (χ1n) is 9.08. The lowest BCUT2D eigenvalue weighted by molar-refractivity contribution is 0.0910. The summed E-state index contributed by atoms with van der Waals surface area (Å²) >= 11 is 0. The normalized spacial score (nSPS) is 15.2. The van der Waals surface area contributed by atoms with Crippen LogP contribution in [0.1, 0.15) is 43.9 Å². The number of aliphatic hydroxyl groups excluding tert-OH is 1. The predicted molar refractivity (Wildman–Crippen MR) is 106 cm³/mol.